The lowest BCUT2D eigenvalue weighted by Gasteiger charge is -1.92. The van der Waals surface area contributed by atoms with E-state index in [-0.39, 0.29) is 12.4 Å². The van der Waals surface area contributed by atoms with Crippen molar-refractivity contribution in [2.75, 3.05) is 7.11 Å². The van der Waals surface area contributed by atoms with E-state index >= 15 is 0 Å². The molecular weight excluding hydrogens is 186 g/mol. The molecule has 0 bridgehead atoms. The van der Waals surface area contributed by atoms with Gasteiger partial charge in [-0.05, 0) is 0 Å². The first-order chi connectivity index (χ1) is 5.22. The molecule has 0 aliphatic heterocycles. The van der Waals surface area contributed by atoms with Crippen molar-refractivity contribution in [3.8, 4) is 0 Å². The normalized spacial score (nSPS) is 9.64. The highest BCUT2D eigenvalue weighted by Gasteiger charge is 2.05. The standard InChI is InChI=1S/C6H6ClNO2S/c1-10-5(9)2-4-3-11-6(7)8-4/h3H,2H2,1H3. The summed E-state index contributed by atoms with van der Waals surface area (Å²) in [5.74, 6) is -0.299. The predicted octanol–water partition coefficient (Wildman–Crippen LogP) is 1.51. The minimum atomic E-state index is -0.299. The molecule has 0 unspecified atom stereocenters. The second kappa shape index (κ2) is 3.69. The van der Waals surface area contributed by atoms with E-state index in [1.807, 2.05) is 0 Å². The van der Waals surface area contributed by atoms with Crippen molar-refractivity contribution >= 4 is 28.9 Å². The van der Waals surface area contributed by atoms with Crippen LogP contribution in [0.4, 0.5) is 0 Å². The van der Waals surface area contributed by atoms with Crippen LogP contribution in [-0.4, -0.2) is 18.1 Å². The van der Waals surface area contributed by atoms with Crippen LogP contribution in [0.2, 0.25) is 4.47 Å². The number of rotatable bonds is 2. The lowest BCUT2D eigenvalue weighted by atomic mass is 10.3. The molecular formula is C6H6ClNO2S. The van der Waals surface area contributed by atoms with Gasteiger partial charge in [-0.2, -0.15) is 0 Å². The summed E-state index contributed by atoms with van der Waals surface area (Å²) in [6, 6.07) is 0. The fraction of sp³-hybridized carbons (Fsp3) is 0.333. The van der Waals surface area contributed by atoms with Gasteiger partial charge in [-0.15, -0.1) is 11.3 Å². The van der Waals surface area contributed by atoms with Gasteiger partial charge in [0.1, 0.15) is 0 Å². The van der Waals surface area contributed by atoms with Crippen LogP contribution in [0.5, 0.6) is 0 Å². The molecule has 1 heterocycles. The SMILES string of the molecule is COC(=O)Cc1csc(Cl)n1. The van der Waals surface area contributed by atoms with Crippen LogP contribution in [-0.2, 0) is 16.0 Å². The summed E-state index contributed by atoms with van der Waals surface area (Å²) in [6.45, 7) is 0. The van der Waals surface area contributed by atoms with E-state index in [4.69, 9.17) is 11.6 Å². The number of hydrogen-bond acceptors (Lipinski definition) is 4. The number of hydrogen-bond donors (Lipinski definition) is 0. The molecule has 1 aromatic rings. The van der Waals surface area contributed by atoms with Crippen molar-refractivity contribution in [3.05, 3.63) is 15.5 Å². The van der Waals surface area contributed by atoms with E-state index in [0.29, 0.717) is 10.2 Å². The maximum Gasteiger partial charge on any atom is 0.311 e. The Labute approximate surface area is 73.0 Å². The molecule has 0 fully saturated rings. The quantitative estimate of drug-likeness (QED) is 0.666. The lowest BCUT2D eigenvalue weighted by molar-refractivity contribution is -0.139. The van der Waals surface area contributed by atoms with Crippen molar-refractivity contribution in [2.45, 2.75) is 6.42 Å². The Morgan fingerprint density at radius 2 is 2.64 bits per heavy atom. The Balaban J connectivity index is 2.57. The molecule has 0 saturated carbocycles. The molecule has 0 atom stereocenters. The minimum Gasteiger partial charge on any atom is -0.469 e. The number of aromatic nitrogens is 1. The number of carbonyl (C=O) groups excluding carboxylic acids is 1. The first-order valence-corrected chi connectivity index (χ1v) is 4.15. The maximum absolute atomic E-state index is 10.7. The molecule has 0 aliphatic carbocycles. The number of esters is 1. The second-order valence-corrected chi connectivity index (χ2v) is 3.28. The number of nitrogens with zero attached hydrogens (tertiary/aromatic N) is 1. The van der Waals surface area contributed by atoms with Crippen LogP contribution >= 0.6 is 22.9 Å². The molecule has 0 N–H and O–H groups in total. The summed E-state index contributed by atoms with van der Waals surface area (Å²) >= 11 is 6.85. The molecule has 0 aromatic carbocycles. The molecule has 3 nitrogen and oxygen atoms in total. The molecule has 0 amide bonds. The largest absolute Gasteiger partial charge is 0.469 e. The maximum atomic E-state index is 10.7. The van der Waals surface area contributed by atoms with Gasteiger partial charge < -0.3 is 4.74 Å². The Bertz CT molecular complexity index is 261. The number of halogens is 1. The molecule has 5 heteroatoms. The third-order valence-corrected chi connectivity index (χ3v) is 2.10. The Kier molecular flexibility index (Phi) is 2.84. The van der Waals surface area contributed by atoms with Crippen LogP contribution < -0.4 is 0 Å². The summed E-state index contributed by atoms with van der Waals surface area (Å²) in [5, 5.41) is 1.74. The highest BCUT2D eigenvalue weighted by Crippen LogP contribution is 2.15. The molecule has 1 rings (SSSR count). The molecule has 0 saturated heterocycles. The minimum absolute atomic E-state index is 0.194. The van der Waals surface area contributed by atoms with Crippen molar-refractivity contribution in [3.63, 3.8) is 0 Å². The van der Waals surface area contributed by atoms with E-state index in [0.717, 1.165) is 0 Å². The summed E-state index contributed by atoms with van der Waals surface area (Å²) in [7, 11) is 1.34. The second-order valence-electron chi connectivity index (χ2n) is 1.84. The van der Waals surface area contributed by atoms with Crippen LogP contribution in [0, 0.1) is 0 Å². The fourth-order valence-electron chi connectivity index (χ4n) is 0.584. The van der Waals surface area contributed by atoms with E-state index in [1.54, 1.807) is 5.38 Å². The highest BCUT2D eigenvalue weighted by molar-refractivity contribution is 7.13. The van der Waals surface area contributed by atoms with Gasteiger partial charge in [0.05, 0.1) is 19.2 Å². The van der Waals surface area contributed by atoms with Gasteiger partial charge in [-0.25, -0.2) is 4.98 Å². The lowest BCUT2D eigenvalue weighted by Crippen LogP contribution is -2.04. The summed E-state index contributed by atoms with van der Waals surface area (Å²) in [5.41, 5.74) is 0.659. The van der Waals surface area contributed by atoms with Crippen LogP contribution in [0.1, 0.15) is 5.69 Å². The number of ether oxygens (including phenoxy) is 1. The highest BCUT2D eigenvalue weighted by atomic mass is 35.5. The van der Waals surface area contributed by atoms with Gasteiger partial charge in [0.2, 0.25) is 0 Å². The molecule has 0 radical (unpaired) electrons. The van der Waals surface area contributed by atoms with Crippen molar-refractivity contribution < 1.29 is 9.53 Å². The molecule has 0 spiro atoms. The Morgan fingerprint density at radius 3 is 3.09 bits per heavy atom. The Morgan fingerprint density at radius 1 is 1.91 bits per heavy atom. The van der Waals surface area contributed by atoms with Gasteiger partial charge in [0, 0.05) is 5.38 Å². The zero-order valence-corrected chi connectivity index (χ0v) is 7.41. The molecule has 11 heavy (non-hydrogen) atoms. The average Bonchev–Trinajstić information content (AvgIpc) is 2.35. The summed E-state index contributed by atoms with van der Waals surface area (Å²) in [4.78, 5) is 14.6. The van der Waals surface area contributed by atoms with Gasteiger partial charge in [0.15, 0.2) is 4.47 Å². The van der Waals surface area contributed by atoms with E-state index in [2.05, 4.69) is 9.72 Å². The summed E-state index contributed by atoms with van der Waals surface area (Å²) in [6.07, 6.45) is 0.194. The molecule has 0 aliphatic rings. The van der Waals surface area contributed by atoms with Crippen LogP contribution in [0.25, 0.3) is 0 Å². The molecule has 60 valence electrons. The Hall–Kier alpha value is -0.610. The van der Waals surface area contributed by atoms with Crippen molar-refractivity contribution in [1.82, 2.24) is 4.98 Å². The van der Waals surface area contributed by atoms with E-state index in [9.17, 15) is 4.79 Å². The van der Waals surface area contributed by atoms with E-state index < -0.39 is 0 Å². The van der Waals surface area contributed by atoms with Gasteiger partial charge >= 0.3 is 5.97 Å². The van der Waals surface area contributed by atoms with Gasteiger partial charge in [-0.1, -0.05) is 11.6 Å². The number of thiazole rings is 1. The van der Waals surface area contributed by atoms with Crippen molar-refractivity contribution in [1.29, 1.82) is 0 Å². The first kappa shape index (κ1) is 8.49. The predicted molar refractivity (Wildman–Crippen MR) is 42.8 cm³/mol. The van der Waals surface area contributed by atoms with E-state index in [1.165, 1.54) is 18.4 Å². The van der Waals surface area contributed by atoms with Gasteiger partial charge in [-0.3, -0.25) is 4.79 Å². The van der Waals surface area contributed by atoms with Crippen LogP contribution in [0.15, 0.2) is 5.38 Å². The third-order valence-electron chi connectivity index (χ3n) is 1.08. The first-order valence-electron chi connectivity index (χ1n) is 2.89. The zero-order valence-electron chi connectivity index (χ0n) is 5.83. The van der Waals surface area contributed by atoms with Crippen LogP contribution in [0.3, 0.4) is 0 Å². The molecule has 1 aromatic heterocycles. The van der Waals surface area contributed by atoms with Gasteiger partial charge in [0.25, 0.3) is 0 Å². The van der Waals surface area contributed by atoms with Crippen molar-refractivity contribution in [2.24, 2.45) is 0 Å². The number of carbonyl (C=O) groups is 1. The zero-order chi connectivity index (χ0) is 8.27. The smallest absolute Gasteiger partial charge is 0.311 e. The third kappa shape index (κ3) is 2.48. The summed E-state index contributed by atoms with van der Waals surface area (Å²) < 4.78 is 4.89. The monoisotopic (exact) mass is 191 g/mol. The topological polar surface area (TPSA) is 39.2 Å². The average molecular weight is 192 g/mol. The fourth-order valence-corrected chi connectivity index (χ4v) is 1.36. The number of methoxy groups -OCH3 is 1.